The van der Waals surface area contributed by atoms with Crippen LogP contribution >= 0.6 is 0 Å². The molecular formula is C10H10F3NO4S. The first-order valence-electron chi connectivity index (χ1n) is 4.95. The number of alkyl halides is 3. The molecule has 106 valence electrons. The first kappa shape index (κ1) is 15.4. The van der Waals surface area contributed by atoms with Crippen LogP contribution < -0.4 is 4.72 Å². The summed E-state index contributed by atoms with van der Waals surface area (Å²) in [5.41, 5.74) is 0.0424. The number of benzene rings is 1. The summed E-state index contributed by atoms with van der Waals surface area (Å²) in [7, 11) is -4.79. The maximum Gasteiger partial charge on any atom is 0.404 e. The van der Waals surface area contributed by atoms with E-state index < -0.39 is 34.0 Å². The lowest BCUT2D eigenvalue weighted by molar-refractivity contribution is -0.139. The highest BCUT2D eigenvalue weighted by Crippen LogP contribution is 2.19. The Morgan fingerprint density at radius 3 is 2.21 bits per heavy atom. The third-order valence-electron chi connectivity index (χ3n) is 2.03. The second kappa shape index (κ2) is 5.57. The Morgan fingerprint density at radius 1 is 1.26 bits per heavy atom. The van der Waals surface area contributed by atoms with Gasteiger partial charge >= 0.3 is 12.1 Å². The zero-order valence-electron chi connectivity index (χ0n) is 9.39. The molecule has 1 rings (SSSR count). The van der Waals surface area contributed by atoms with Crippen molar-refractivity contribution < 1.29 is 31.5 Å². The van der Waals surface area contributed by atoms with Crippen molar-refractivity contribution in [3.8, 4) is 0 Å². The number of sulfonamides is 1. The predicted octanol–water partition coefficient (Wildman–Crippen LogP) is 1.29. The monoisotopic (exact) mass is 297 g/mol. The van der Waals surface area contributed by atoms with Gasteiger partial charge in [-0.3, -0.25) is 4.79 Å². The van der Waals surface area contributed by atoms with Crippen LogP contribution in [-0.4, -0.2) is 31.4 Å². The Balaban J connectivity index is 2.96. The van der Waals surface area contributed by atoms with Crippen LogP contribution in [0, 0.1) is 0 Å². The third kappa shape index (κ3) is 5.26. The number of carbonyl (C=O) groups is 1. The van der Waals surface area contributed by atoms with Crippen molar-refractivity contribution in [2.24, 2.45) is 0 Å². The van der Waals surface area contributed by atoms with E-state index in [1.54, 1.807) is 6.07 Å². The SMILES string of the molecule is O=C(O)C(NS(=O)(=O)CC(F)(F)F)c1ccccc1. The highest BCUT2D eigenvalue weighted by Gasteiger charge is 2.37. The number of hydrogen-bond donors (Lipinski definition) is 2. The maximum absolute atomic E-state index is 12.0. The number of aliphatic carboxylic acids is 1. The summed E-state index contributed by atoms with van der Waals surface area (Å²) >= 11 is 0. The van der Waals surface area contributed by atoms with Gasteiger partial charge in [0.05, 0.1) is 0 Å². The lowest BCUT2D eigenvalue weighted by atomic mass is 10.1. The normalized spacial score (nSPS) is 14.1. The minimum Gasteiger partial charge on any atom is -0.480 e. The van der Waals surface area contributed by atoms with Crippen LogP contribution in [0.25, 0.3) is 0 Å². The first-order valence-corrected chi connectivity index (χ1v) is 6.60. The van der Waals surface area contributed by atoms with E-state index in [0.717, 1.165) is 0 Å². The van der Waals surface area contributed by atoms with Crippen molar-refractivity contribution in [3.05, 3.63) is 35.9 Å². The second-order valence-electron chi connectivity index (χ2n) is 3.67. The number of nitrogens with one attached hydrogen (secondary N) is 1. The number of halogens is 3. The molecule has 0 aliphatic heterocycles. The second-order valence-corrected chi connectivity index (χ2v) is 5.43. The van der Waals surface area contributed by atoms with Crippen molar-refractivity contribution in [1.29, 1.82) is 0 Å². The van der Waals surface area contributed by atoms with E-state index in [4.69, 9.17) is 5.11 Å². The lowest BCUT2D eigenvalue weighted by Gasteiger charge is -2.15. The Hall–Kier alpha value is -1.61. The highest BCUT2D eigenvalue weighted by atomic mass is 32.2. The number of carboxylic acid groups (broad SMARTS) is 1. The van der Waals surface area contributed by atoms with Crippen molar-refractivity contribution in [2.45, 2.75) is 12.2 Å². The summed E-state index contributed by atoms with van der Waals surface area (Å²) in [6.07, 6.45) is -4.94. The van der Waals surface area contributed by atoms with Crippen LogP contribution in [-0.2, 0) is 14.8 Å². The van der Waals surface area contributed by atoms with Crippen molar-refractivity contribution in [2.75, 3.05) is 5.75 Å². The molecule has 0 spiro atoms. The molecular weight excluding hydrogens is 287 g/mol. The molecule has 5 nitrogen and oxygen atoms in total. The van der Waals surface area contributed by atoms with Gasteiger partial charge in [0.2, 0.25) is 10.0 Å². The molecule has 1 aromatic rings. The average Bonchev–Trinajstić information content (AvgIpc) is 2.23. The van der Waals surface area contributed by atoms with E-state index >= 15 is 0 Å². The molecule has 1 aromatic carbocycles. The van der Waals surface area contributed by atoms with Gasteiger partial charge in [0.25, 0.3) is 0 Å². The van der Waals surface area contributed by atoms with Crippen molar-refractivity contribution in [1.82, 2.24) is 4.72 Å². The van der Waals surface area contributed by atoms with E-state index in [1.165, 1.54) is 29.0 Å². The van der Waals surface area contributed by atoms with Crippen LogP contribution in [0.15, 0.2) is 30.3 Å². The first-order chi connectivity index (χ1) is 8.61. The van der Waals surface area contributed by atoms with Crippen LogP contribution in [0.2, 0.25) is 0 Å². The molecule has 0 saturated carbocycles. The molecule has 0 aliphatic rings. The summed E-state index contributed by atoms with van der Waals surface area (Å²) < 4.78 is 60.1. The van der Waals surface area contributed by atoms with Crippen LogP contribution in [0.4, 0.5) is 13.2 Å². The molecule has 0 radical (unpaired) electrons. The van der Waals surface area contributed by atoms with Crippen LogP contribution in [0.3, 0.4) is 0 Å². The van der Waals surface area contributed by atoms with Gasteiger partial charge in [-0.15, -0.1) is 0 Å². The molecule has 0 fully saturated rings. The molecule has 0 heterocycles. The molecule has 19 heavy (non-hydrogen) atoms. The highest BCUT2D eigenvalue weighted by molar-refractivity contribution is 7.89. The van der Waals surface area contributed by atoms with E-state index in [-0.39, 0.29) is 5.56 Å². The minimum atomic E-state index is -4.94. The fraction of sp³-hybridized carbons (Fsp3) is 0.300. The van der Waals surface area contributed by atoms with E-state index in [2.05, 4.69) is 0 Å². The molecule has 1 unspecified atom stereocenters. The summed E-state index contributed by atoms with van der Waals surface area (Å²) in [4.78, 5) is 10.9. The van der Waals surface area contributed by atoms with Gasteiger partial charge in [0.1, 0.15) is 6.04 Å². The maximum atomic E-state index is 12.0. The van der Waals surface area contributed by atoms with Gasteiger partial charge in [-0.05, 0) is 5.56 Å². The van der Waals surface area contributed by atoms with Gasteiger partial charge < -0.3 is 5.11 Å². The number of hydrogen-bond acceptors (Lipinski definition) is 3. The van der Waals surface area contributed by atoms with Gasteiger partial charge in [-0.2, -0.15) is 17.9 Å². The predicted molar refractivity (Wildman–Crippen MR) is 59.8 cm³/mol. The molecule has 9 heteroatoms. The molecule has 2 N–H and O–H groups in total. The average molecular weight is 297 g/mol. The zero-order chi connectivity index (χ0) is 14.7. The van der Waals surface area contributed by atoms with Crippen LogP contribution in [0.5, 0.6) is 0 Å². The van der Waals surface area contributed by atoms with E-state index in [0.29, 0.717) is 0 Å². The summed E-state index contributed by atoms with van der Waals surface area (Å²) in [5.74, 6) is -3.71. The fourth-order valence-electron chi connectivity index (χ4n) is 1.34. The molecule has 0 bridgehead atoms. The summed E-state index contributed by atoms with van der Waals surface area (Å²) in [5, 5.41) is 8.88. The van der Waals surface area contributed by atoms with Crippen LogP contribution in [0.1, 0.15) is 11.6 Å². The van der Waals surface area contributed by atoms with Gasteiger partial charge in [-0.25, -0.2) is 8.42 Å². The quantitative estimate of drug-likeness (QED) is 0.858. The standard InChI is InChI=1S/C10H10F3NO4S/c11-10(12,13)6-19(17,18)14-8(9(15)16)7-4-2-1-3-5-7/h1-5,8,14H,6H2,(H,15,16). The minimum absolute atomic E-state index is 0.0424. The van der Waals surface area contributed by atoms with E-state index in [9.17, 15) is 26.4 Å². The van der Waals surface area contributed by atoms with Crippen molar-refractivity contribution in [3.63, 3.8) is 0 Å². The van der Waals surface area contributed by atoms with Crippen molar-refractivity contribution >= 4 is 16.0 Å². The summed E-state index contributed by atoms with van der Waals surface area (Å²) in [6, 6.07) is 5.30. The molecule has 0 aromatic heterocycles. The third-order valence-corrected chi connectivity index (χ3v) is 3.33. The Bertz CT molecular complexity index is 542. The molecule has 0 saturated heterocycles. The molecule has 0 aliphatic carbocycles. The Kier molecular flexibility index (Phi) is 4.53. The molecule has 1 atom stereocenters. The molecule has 0 amide bonds. The Labute approximate surface area is 107 Å². The van der Waals surface area contributed by atoms with E-state index in [1.807, 2.05) is 0 Å². The smallest absolute Gasteiger partial charge is 0.404 e. The Morgan fingerprint density at radius 2 is 1.79 bits per heavy atom. The number of rotatable bonds is 5. The van der Waals surface area contributed by atoms with Gasteiger partial charge in [0, 0.05) is 0 Å². The topological polar surface area (TPSA) is 83.5 Å². The largest absolute Gasteiger partial charge is 0.480 e. The summed E-state index contributed by atoms with van der Waals surface area (Å²) in [6.45, 7) is 0. The fourth-order valence-corrected chi connectivity index (χ4v) is 2.45. The lowest BCUT2D eigenvalue weighted by Crippen LogP contribution is -2.39. The van der Waals surface area contributed by atoms with Gasteiger partial charge in [0.15, 0.2) is 5.75 Å². The van der Waals surface area contributed by atoms with Gasteiger partial charge in [-0.1, -0.05) is 30.3 Å². The number of carboxylic acids is 1. The zero-order valence-corrected chi connectivity index (χ0v) is 10.2.